The van der Waals surface area contributed by atoms with Crippen molar-refractivity contribution in [2.45, 2.75) is 0 Å². The monoisotopic (exact) mass is 1540 g/mol. The van der Waals surface area contributed by atoms with Gasteiger partial charge in [-0.3, -0.25) is 13.2 Å². The summed E-state index contributed by atoms with van der Waals surface area (Å²) in [6.45, 7) is 0. The molecule has 0 radical (unpaired) electrons. The van der Waals surface area contributed by atoms with Crippen molar-refractivity contribution >= 4 is 286 Å². The molecular weight excluding hydrogens is 1490 g/mol. The molecule has 30 rings (SSSR count). The standard InChI is InChI=1S/C44H24N4S.2C30H15N3S/c1-2-10-27(11-3-1)47-37-16-8-4-12-28(37)32-22-25(18-21-38(32)47)26-23-33-30-19-20-31-29-13-5-9-17-39(29)49-43(31)42(30)48-41(33)34(24-26)40-44(48)46-36-15-7-6-14-35(36)45-40;1-2-9-17-16(8-1)24-19-11-7-12-20-26-30(32-22-14-5-4-13-21(22)31-26)33(27(19)20)28(24)29-25(17)18-10-3-6-15-23(18)34-29;1-2-7-17-16(6-1)12-13-25-27(17)21-14-20-18-8-5-9-19-28-30(32-23-11-4-3-10-22(23)31-28)33(29(18)19)24(20)15-26(21)34-25/h1-24H;2*1-15H. The summed E-state index contributed by atoms with van der Waals surface area (Å²) in [5.74, 6) is 0. The van der Waals surface area contributed by atoms with Gasteiger partial charge in [0.1, 0.15) is 16.6 Å². The SMILES string of the molecule is c1ccc(-n2c3ccccc3c3cc(-c4cc5c6ccc7c8ccccc8sc7c6n6c7nc8ccccc8nc7c(c4)c56)ccc32)cc1.c1ccc2c(c1)ccc1sc3cc4c(cc3c12)c1cccc2c3nc5ccccc5nc3n4c12.c1ccc2nc3c(nc2c1)c1cccc2c4c5ccccc5c5c6ccccc6sc5c4n3c12. The van der Waals surface area contributed by atoms with Crippen LogP contribution >= 0.6 is 34.0 Å². The number of hydrogen-bond donors (Lipinski definition) is 0. The van der Waals surface area contributed by atoms with Crippen LogP contribution in [0.2, 0.25) is 0 Å². The van der Waals surface area contributed by atoms with Gasteiger partial charge in [0.2, 0.25) is 0 Å². The zero-order valence-corrected chi connectivity index (χ0v) is 64.3. The molecule has 117 heavy (non-hydrogen) atoms. The van der Waals surface area contributed by atoms with Crippen LogP contribution in [0.1, 0.15) is 0 Å². The van der Waals surface area contributed by atoms with Crippen molar-refractivity contribution in [3.8, 4) is 16.8 Å². The largest absolute Gasteiger partial charge is 0.309 e. The van der Waals surface area contributed by atoms with Gasteiger partial charge in [-0.2, -0.15) is 0 Å². The Morgan fingerprint density at radius 1 is 0.205 bits per heavy atom. The van der Waals surface area contributed by atoms with Gasteiger partial charge in [0, 0.05) is 116 Å². The van der Waals surface area contributed by atoms with Gasteiger partial charge < -0.3 is 4.57 Å². The van der Waals surface area contributed by atoms with Gasteiger partial charge in [0.05, 0.1) is 86.6 Å². The van der Waals surface area contributed by atoms with E-state index in [1.807, 2.05) is 88.6 Å². The van der Waals surface area contributed by atoms with E-state index in [1.165, 1.54) is 197 Å². The first-order valence-electron chi connectivity index (χ1n) is 39.5. The van der Waals surface area contributed by atoms with Gasteiger partial charge in [0.25, 0.3) is 0 Å². The van der Waals surface area contributed by atoms with Gasteiger partial charge in [-0.1, -0.05) is 218 Å². The third-order valence-electron chi connectivity index (χ3n) is 25.0. The van der Waals surface area contributed by atoms with Crippen LogP contribution in [-0.4, -0.2) is 47.7 Å². The zero-order chi connectivity index (χ0) is 75.7. The lowest BCUT2D eigenvalue weighted by molar-refractivity contribution is 1.18. The minimum Gasteiger partial charge on any atom is -0.309 e. The number of para-hydroxylation sites is 10. The lowest BCUT2D eigenvalue weighted by Gasteiger charge is -2.08. The molecule has 17 aromatic carbocycles. The van der Waals surface area contributed by atoms with Gasteiger partial charge in [-0.15, -0.1) is 34.0 Å². The Morgan fingerprint density at radius 3 is 1.41 bits per heavy atom. The summed E-state index contributed by atoms with van der Waals surface area (Å²) < 4.78 is 17.4. The van der Waals surface area contributed by atoms with Crippen molar-refractivity contribution in [2.75, 3.05) is 0 Å². The Labute approximate surface area is 673 Å². The highest BCUT2D eigenvalue weighted by Crippen LogP contribution is 2.52. The van der Waals surface area contributed by atoms with E-state index >= 15 is 0 Å². The van der Waals surface area contributed by atoms with Crippen LogP contribution in [0.4, 0.5) is 0 Å². The third kappa shape index (κ3) is 8.39. The summed E-state index contributed by atoms with van der Waals surface area (Å²) in [5, 5.41) is 26.7. The molecule has 30 aromatic rings. The minimum absolute atomic E-state index is 0.910. The van der Waals surface area contributed by atoms with E-state index < -0.39 is 0 Å². The summed E-state index contributed by atoms with van der Waals surface area (Å²) in [4.78, 5) is 30.9. The van der Waals surface area contributed by atoms with Crippen LogP contribution in [0, 0.1) is 0 Å². The van der Waals surface area contributed by atoms with E-state index in [4.69, 9.17) is 29.9 Å². The van der Waals surface area contributed by atoms with Gasteiger partial charge in [-0.05, 0) is 142 Å². The Kier molecular flexibility index (Phi) is 12.3. The Balaban J connectivity index is 0.0000000941. The highest BCUT2D eigenvalue weighted by Gasteiger charge is 2.29. The van der Waals surface area contributed by atoms with Crippen molar-refractivity contribution in [1.29, 1.82) is 0 Å². The summed E-state index contributed by atoms with van der Waals surface area (Å²) >= 11 is 5.62. The normalized spacial score (nSPS) is 12.6. The van der Waals surface area contributed by atoms with E-state index in [2.05, 4.69) is 291 Å². The molecule has 13 heteroatoms. The Morgan fingerprint density at radius 2 is 0.692 bits per heavy atom. The lowest BCUT2D eigenvalue weighted by atomic mass is 9.98. The third-order valence-corrected chi connectivity index (χ3v) is 28.5. The summed E-state index contributed by atoms with van der Waals surface area (Å²) in [6.07, 6.45) is 0. The molecule has 0 amide bonds. The second-order valence-corrected chi connectivity index (χ2v) is 34.2. The Hall–Kier alpha value is -14.9. The maximum atomic E-state index is 5.29. The smallest absolute Gasteiger partial charge is 0.165 e. The van der Waals surface area contributed by atoms with Gasteiger partial charge in [-0.25, -0.2) is 29.9 Å². The average molecular weight is 1540 g/mol. The minimum atomic E-state index is 0.910. The first kappa shape index (κ1) is 62.6. The lowest BCUT2D eigenvalue weighted by Crippen LogP contribution is -1.92. The van der Waals surface area contributed by atoms with Crippen LogP contribution in [0.5, 0.6) is 0 Å². The molecule has 0 saturated carbocycles. The molecule has 0 N–H and O–H groups in total. The van der Waals surface area contributed by atoms with Crippen molar-refractivity contribution in [2.24, 2.45) is 0 Å². The molecule has 0 aliphatic heterocycles. The van der Waals surface area contributed by atoms with Crippen molar-refractivity contribution in [3.05, 3.63) is 328 Å². The zero-order valence-electron chi connectivity index (χ0n) is 61.9. The molecule has 0 aliphatic carbocycles. The van der Waals surface area contributed by atoms with Crippen molar-refractivity contribution in [1.82, 2.24) is 47.7 Å². The van der Waals surface area contributed by atoms with Crippen LogP contribution < -0.4 is 0 Å². The maximum absolute atomic E-state index is 5.29. The molecule has 538 valence electrons. The molecule has 13 heterocycles. The van der Waals surface area contributed by atoms with Crippen molar-refractivity contribution in [3.63, 3.8) is 0 Å². The van der Waals surface area contributed by atoms with E-state index in [0.29, 0.717) is 0 Å². The van der Waals surface area contributed by atoms with E-state index in [9.17, 15) is 0 Å². The quantitative estimate of drug-likeness (QED) is 0.171. The van der Waals surface area contributed by atoms with Crippen LogP contribution in [0.15, 0.2) is 328 Å². The van der Waals surface area contributed by atoms with Gasteiger partial charge >= 0.3 is 0 Å². The molecule has 0 unspecified atom stereocenters. The number of thiophene rings is 3. The predicted molar refractivity (Wildman–Crippen MR) is 496 cm³/mol. The number of hydrogen-bond acceptors (Lipinski definition) is 9. The van der Waals surface area contributed by atoms with E-state index in [1.54, 1.807) is 0 Å². The summed E-state index contributed by atoms with van der Waals surface area (Å²) in [7, 11) is 0. The first-order valence-corrected chi connectivity index (χ1v) is 41.9. The fourth-order valence-electron chi connectivity index (χ4n) is 20.1. The second kappa shape index (κ2) is 23.0. The number of benzene rings is 17. The van der Waals surface area contributed by atoms with Gasteiger partial charge in [0.15, 0.2) is 16.9 Å². The molecule has 0 aliphatic rings. The molecule has 0 atom stereocenters. The molecule has 0 spiro atoms. The highest BCUT2D eigenvalue weighted by molar-refractivity contribution is 7.27. The number of rotatable bonds is 2. The van der Waals surface area contributed by atoms with Crippen molar-refractivity contribution < 1.29 is 0 Å². The molecule has 13 aromatic heterocycles. The van der Waals surface area contributed by atoms with Crippen LogP contribution in [-0.2, 0) is 0 Å². The fraction of sp³-hybridized carbons (Fsp3) is 0. The molecule has 10 nitrogen and oxygen atoms in total. The number of fused-ring (bicyclic) bond motifs is 40. The second-order valence-electron chi connectivity index (χ2n) is 31.0. The molecule has 0 saturated heterocycles. The number of aromatic nitrogens is 10. The number of nitrogens with zero attached hydrogens (tertiary/aromatic N) is 10. The Bertz CT molecular complexity index is 9640. The molecule has 0 bridgehead atoms. The molecular formula is C104H54N10S3. The van der Waals surface area contributed by atoms with Crippen LogP contribution in [0.25, 0.3) is 269 Å². The maximum Gasteiger partial charge on any atom is 0.165 e. The van der Waals surface area contributed by atoms with Crippen LogP contribution in [0.3, 0.4) is 0 Å². The van der Waals surface area contributed by atoms with E-state index in [-0.39, 0.29) is 0 Å². The topological polar surface area (TPSA) is 95.5 Å². The summed E-state index contributed by atoms with van der Waals surface area (Å²) in [5.41, 5.74) is 24.5. The average Bonchev–Trinajstić information content (AvgIpc) is 1.52. The highest BCUT2D eigenvalue weighted by atomic mass is 32.1. The fourth-order valence-corrected chi connectivity index (χ4v) is 23.7. The summed E-state index contributed by atoms with van der Waals surface area (Å²) in [6, 6.07) is 118. The van der Waals surface area contributed by atoms with E-state index in [0.717, 1.165) is 72.0 Å². The first-order chi connectivity index (χ1) is 58.0. The molecule has 0 fully saturated rings. The predicted octanol–water partition coefficient (Wildman–Crippen LogP) is 28.5.